The second-order valence-corrected chi connectivity index (χ2v) is 6.89. The van der Waals surface area contributed by atoms with Gasteiger partial charge >= 0.3 is 0 Å². The molecule has 21 heavy (non-hydrogen) atoms. The zero-order valence-electron chi connectivity index (χ0n) is 14.0. The summed E-state index contributed by atoms with van der Waals surface area (Å²) in [6.07, 6.45) is 8.61. The van der Waals surface area contributed by atoms with Gasteiger partial charge in [0.1, 0.15) is 0 Å². The highest BCUT2D eigenvalue weighted by molar-refractivity contribution is 6.31. The maximum atomic E-state index is 6.53. The standard InChI is InChI=1S/C17H30ClN3/c1-5-7-12-8-9-15(19-3)13(10-12)11-16-17(18)14(6-2)20-21(16)4/h12-13,15,19H,5-11H2,1-4H3. The molecule has 1 aliphatic carbocycles. The summed E-state index contributed by atoms with van der Waals surface area (Å²) in [5.74, 6) is 1.57. The molecular formula is C17H30ClN3. The van der Waals surface area contributed by atoms with E-state index in [-0.39, 0.29) is 0 Å². The van der Waals surface area contributed by atoms with Crippen LogP contribution >= 0.6 is 11.6 Å². The van der Waals surface area contributed by atoms with Gasteiger partial charge in [-0.1, -0.05) is 38.3 Å². The van der Waals surface area contributed by atoms with Crippen LogP contribution in [-0.4, -0.2) is 22.9 Å². The molecule has 0 aliphatic heterocycles. The fraction of sp³-hybridized carbons (Fsp3) is 0.824. The third-order valence-electron chi connectivity index (χ3n) is 5.12. The Hall–Kier alpha value is -0.540. The van der Waals surface area contributed by atoms with Crippen LogP contribution in [-0.2, 0) is 19.9 Å². The predicted octanol–water partition coefficient (Wildman–Crippen LogP) is 3.98. The summed E-state index contributed by atoms with van der Waals surface area (Å²) in [4.78, 5) is 0. The Bertz CT molecular complexity index is 455. The molecule has 3 nitrogen and oxygen atoms in total. The lowest BCUT2D eigenvalue weighted by Crippen LogP contribution is -2.40. The van der Waals surface area contributed by atoms with E-state index in [1.165, 1.54) is 37.8 Å². The highest BCUT2D eigenvalue weighted by atomic mass is 35.5. The van der Waals surface area contributed by atoms with E-state index >= 15 is 0 Å². The molecule has 1 saturated carbocycles. The average Bonchev–Trinajstić information content (AvgIpc) is 2.75. The topological polar surface area (TPSA) is 29.9 Å². The van der Waals surface area contributed by atoms with Gasteiger partial charge in [-0.2, -0.15) is 5.10 Å². The molecule has 1 N–H and O–H groups in total. The fourth-order valence-corrected chi connectivity index (χ4v) is 4.30. The minimum Gasteiger partial charge on any atom is -0.317 e. The van der Waals surface area contributed by atoms with Gasteiger partial charge in [-0.05, 0) is 51.0 Å². The van der Waals surface area contributed by atoms with Crippen molar-refractivity contribution in [2.45, 2.75) is 64.8 Å². The molecule has 120 valence electrons. The van der Waals surface area contributed by atoms with Crippen LogP contribution in [0.25, 0.3) is 0 Å². The molecular weight excluding hydrogens is 282 g/mol. The monoisotopic (exact) mass is 311 g/mol. The van der Waals surface area contributed by atoms with Crippen LogP contribution in [0.2, 0.25) is 5.02 Å². The van der Waals surface area contributed by atoms with Gasteiger partial charge in [0.05, 0.1) is 16.4 Å². The maximum absolute atomic E-state index is 6.53. The number of halogens is 1. The molecule has 0 bridgehead atoms. The minimum absolute atomic E-state index is 0.620. The van der Waals surface area contributed by atoms with Crippen molar-refractivity contribution in [3.8, 4) is 0 Å². The Morgan fingerprint density at radius 2 is 2.10 bits per heavy atom. The molecule has 2 rings (SSSR count). The molecule has 1 heterocycles. The maximum Gasteiger partial charge on any atom is 0.0849 e. The van der Waals surface area contributed by atoms with Crippen molar-refractivity contribution >= 4 is 11.6 Å². The first-order chi connectivity index (χ1) is 10.1. The van der Waals surface area contributed by atoms with Gasteiger partial charge in [-0.15, -0.1) is 0 Å². The zero-order valence-corrected chi connectivity index (χ0v) is 14.7. The predicted molar refractivity (Wildman–Crippen MR) is 89.9 cm³/mol. The first kappa shape index (κ1) is 16.8. The van der Waals surface area contributed by atoms with Gasteiger partial charge in [-0.3, -0.25) is 4.68 Å². The molecule has 4 heteroatoms. The van der Waals surface area contributed by atoms with Crippen LogP contribution in [0, 0.1) is 11.8 Å². The quantitative estimate of drug-likeness (QED) is 0.861. The molecule has 3 unspecified atom stereocenters. The molecule has 0 amide bonds. The Morgan fingerprint density at radius 3 is 2.67 bits per heavy atom. The van der Waals surface area contributed by atoms with E-state index in [4.69, 9.17) is 11.6 Å². The van der Waals surface area contributed by atoms with E-state index in [0.29, 0.717) is 12.0 Å². The SMILES string of the molecule is CCCC1CCC(NC)C(Cc2c(Cl)c(CC)nn2C)C1. The van der Waals surface area contributed by atoms with Gasteiger partial charge in [0.15, 0.2) is 0 Å². The first-order valence-corrected chi connectivity index (χ1v) is 8.85. The van der Waals surface area contributed by atoms with Crippen LogP contribution in [0.3, 0.4) is 0 Å². The Kier molecular flexibility index (Phi) is 6.12. The summed E-state index contributed by atoms with van der Waals surface area (Å²) in [6.45, 7) is 4.41. The third kappa shape index (κ3) is 3.81. The van der Waals surface area contributed by atoms with Crippen LogP contribution in [0.15, 0.2) is 0 Å². The van der Waals surface area contributed by atoms with Crippen molar-refractivity contribution in [3.63, 3.8) is 0 Å². The second-order valence-electron chi connectivity index (χ2n) is 6.51. The number of rotatable bonds is 6. The highest BCUT2D eigenvalue weighted by Crippen LogP contribution is 2.35. The molecule has 1 aromatic rings. The van der Waals surface area contributed by atoms with Crippen molar-refractivity contribution in [2.24, 2.45) is 18.9 Å². The van der Waals surface area contributed by atoms with Crippen LogP contribution in [0.4, 0.5) is 0 Å². The molecule has 0 saturated heterocycles. The van der Waals surface area contributed by atoms with E-state index in [1.807, 2.05) is 11.7 Å². The summed E-state index contributed by atoms with van der Waals surface area (Å²) < 4.78 is 2.00. The molecule has 3 atom stereocenters. The zero-order chi connectivity index (χ0) is 15.4. The second kappa shape index (κ2) is 7.64. The van der Waals surface area contributed by atoms with Crippen molar-refractivity contribution in [1.82, 2.24) is 15.1 Å². The lowest BCUT2D eigenvalue weighted by Gasteiger charge is -2.36. The van der Waals surface area contributed by atoms with Crippen molar-refractivity contribution in [3.05, 3.63) is 16.4 Å². The largest absolute Gasteiger partial charge is 0.317 e. The molecule has 1 aliphatic rings. The van der Waals surface area contributed by atoms with E-state index in [2.05, 4.69) is 31.3 Å². The van der Waals surface area contributed by atoms with Gasteiger partial charge in [-0.25, -0.2) is 0 Å². The van der Waals surface area contributed by atoms with Gasteiger partial charge in [0.2, 0.25) is 0 Å². The number of aryl methyl sites for hydroxylation is 2. The Morgan fingerprint density at radius 1 is 1.33 bits per heavy atom. The molecule has 1 aromatic heterocycles. The first-order valence-electron chi connectivity index (χ1n) is 8.48. The van der Waals surface area contributed by atoms with Crippen LogP contribution in [0.5, 0.6) is 0 Å². The number of hydrogen-bond donors (Lipinski definition) is 1. The number of nitrogens with one attached hydrogen (secondary N) is 1. The lowest BCUT2D eigenvalue weighted by atomic mass is 9.74. The van der Waals surface area contributed by atoms with Gasteiger partial charge < -0.3 is 5.32 Å². The van der Waals surface area contributed by atoms with E-state index in [9.17, 15) is 0 Å². The minimum atomic E-state index is 0.620. The van der Waals surface area contributed by atoms with E-state index in [0.717, 1.165) is 29.5 Å². The van der Waals surface area contributed by atoms with E-state index in [1.54, 1.807) is 0 Å². The molecule has 0 aromatic carbocycles. The van der Waals surface area contributed by atoms with Gasteiger partial charge in [0, 0.05) is 13.1 Å². The molecule has 0 spiro atoms. The molecule has 0 radical (unpaired) electrons. The summed E-state index contributed by atoms with van der Waals surface area (Å²) >= 11 is 6.53. The lowest BCUT2D eigenvalue weighted by molar-refractivity contribution is 0.198. The van der Waals surface area contributed by atoms with E-state index < -0.39 is 0 Å². The normalized spacial score (nSPS) is 26.2. The van der Waals surface area contributed by atoms with Crippen molar-refractivity contribution < 1.29 is 0 Å². The Balaban J connectivity index is 2.13. The average molecular weight is 312 g/mol. The number of hydrogen-bond acceptors (Lipinski definition) is 2. The smallest absolute Gasteiger partial charge is 0.0849 e. The molecule has 1 fully saturated rings. The van der Waals surface area contributed by atoms with Crippen molar-refractivity contribution in [2.75, 3.05) is 7.05 Å². The summed E-state index contributed by atoms with van der Waals surface area (Å²) in [7, 11) is 4.13. The summed E-state index contributed by atoms with van der Waals surface area (Å²) in [5, 5.41) is 8.98. The fourth-order valence-electron chi connectivity index (χ4n) is 3.93. The summed E-state index contributed by atoms with van der Waals surface area (Å²) in [6, 6.07) is 0.620. The summed E-state index contributed by atoms with van der Waals surface area (Å²) in [5.41, 5.74) is 2.26. The highest BCUT2D eigenvalue weighted by Gasteiger charge is 2.30. The van der Waals surface area contributed by atoms with Gasteiger partial charge in [0.25, 0.3) is 0 Å². The number of nitrogens with zero attached hydrogens (tertiary/aromatic N) is 2. The van der Waals surface area contributed by atoms with Crippen molar-refractivity contribution in [1.29, 1.82) is 0 Å². The Labute approximate surface area is 134 Å². The van der Waals surface area contributed by atoms with Crippen LogP contribution in [0.1, 0.15) is 57.3 Å². The number of aromatic nitrogens is 2. The van der Waals surface area contributed by atoms with Crippen LogP contribution < -0.4 is 5.32 Å². The third-order valence-corrected chi connectivity index (χ3v) is 5.55.